The van der Waals surface area contributed by atoms with Crippen molar-refractivity contribution < 1.29 is 70.5 Å². The second kappa shape index (κ2) is 26.3. The van der Waals surface area contributed by atoms with Gasteiger partial charge in [0.2, 0.25) is 33.7 Å². The molecule has 5 N–H and O–H groups in total. The van der Waals surface area contributed by atoms with E-state index < -0.39 is 70.1 Å². The van der Waals surface area contributed by atoms with Gasteiger partial charge in [0.25, 0.3) is 23.6 Å². The van der Waals surface area contributed by atoms with Crippen molar-refractivity contribution in [3.05, 3.63) is 89.1 Å². The Balaban J connectivity index is 0.768. The van der Waals surface area contributed by atoms with E-state index in [0.29, 0.717) is 17.2 Å². The zero-order valence-corrected chi connectivity index (χ0v) is 40.3. The normalized spacial score (nSPS) is 14.9. The molecule has 2 aliphatic heterocycles. The molecule has 0 saturated carbocycles. The number of anilines is 1. The summed E-state index contributed by atoms with van der Waals surface area (Å²) in [7, 11) is -3.62. The molecule has 4 heterocycles. The molecule has 71 heavy (non-hydrogen) atoms. The van der Waals surface area contributed by atoms with Gasteiger partial charge in [-0.1, -0.05) is 36.4 Å². The Kier molecular flexibility index (Phi) is 19.8. The summed E-state index contributed by atoms with van der Waals surface area (Å²) >= 11 is 1.22. The summed E-state index contributed by atoms with van der Waals surface area (Å²) in [5, 5.41) is 15.1. The van der Waals surface area contributed by atoms with Crippen molar-refractivity contribution in [3.8, 4) is 17.0 Å². The third-order valence-electron chi connectivity index (χ3n) is 10.7. The Hall–Kier alpha value is -6.90. The first-order chi connectivity index (χ1) is 34.2. The number of fused-ring (bicyclic) bond motifs is 1. The Morgan fingerprint density at radius 3 is 2.21 bits per heavy atom. The second-order valence-corrected chi connectivity index (χ2v) is 18.6. The van der Waals surface area contributed by atoms with E-state index in [1.54, 1.807) is 5.38 Å². The lowest BCUT2D eigenvalue weighted by Gasteiger charge is -2.27. The molecule has 2 atom stereocenters. The SMILES string of the molecule is CS(=O)(=O)n1ccc(C(=O)N[C@@H](CCOCCCC(=O)NCCOCCOCCOCCNC(=O)COc2cccc3c2C(=O)N(C2CCC(=O)NC2=O)C3=O)C(=O)Nc2nc(-c3ccccc3)cs2)c1. The zero-order chi connectivity index (χ0) is 50.8. The fourth-order valence-corrected chi connectivity index (χ4v) is 8.39. The smallest absolute Gasteiger partial charge is 0.266 e. The van der Waals surface area contributed by atoms with Gasteiger partial charge >= 0.3 is 0 Å². The lowest BCUT2D eigenvalue weighted by atomic mass is 10.0. The van der Waals surface area contributed by atoms with Crippen LogP contribution in [-0.4, -0.2) is 160 Å². The molecule has 2 aliphatic rings. The van der Waals surface area contributed by atoms with Gasteiger partial charge in [-0.25, -0.2) is 13.4 Å². The van der Waals surface area contributed by atoms with E-state index in [4.69, 9.17) is 23.7 Å². The van der Waals surface area contributed by atoms with E-state index in [1.165, 1.54) is 41.8 Å². The van der Waals surface area contributed by atoms with Crippen LogP contribution in [0.1, 0.15) is 63.2 Å². The van der Waals surface area contributed by atoms with Gasteiger partial charge in [0.05, 0.1) is 68.3 Å². The second-order valence-electron chi connectivity index (χ2n) is 15.9. The molecule has 0 radical (unpaired) electrons. The van der Waals surface area contributed by atoms with Gasteiger partial charge < -0.3 is 45.0 Å². The predicted octanol–water partition coefficient (Wildman–Crippen LogP) is 1.11. The van der Waals surface area contributed by atoms with Gasteiger partial charge in [-0.2, -0.15) is 0 Å². The number of carbonyl (C=O) groups excluding carboxylic acids is 8. The lowest BCUT2D eigenvalue weighted by Crippen LogP contribution is -2.54. The van der Waals surface area contributed by atoms with Crippen LogP contribution in [0.3, 0.4) is 0 Å². The predicted molar refractivity (Wildman–Crippen MR) is 254 cm³/mol. The van der Waals surface area contributed by atoms with Crippen molar-refractivity contribution in [2.45, 2.75) is 44.2 Å². The average molecular weight is 1020 g/mol. The maximum atomic E-state index is 13.4. The summed E-state index contributed by atoms with van der Waals surface area (Å²) in [6.45, 7) is 1.82. The molecule has 25 heteroatoms. The first-order valence-electron chi connectivity index (χ1n) is 22.5. The number of piperidine rings is 1. The molecule has 2 aromatic carbocycles. The number of imide groups is 2. The topological polar surface area (TPSA) is 298 Å². The quantitative estimate of drug-likeness (QED) is 0.0376. The van der Waals surface area contributed by atoms with Crippen LogP contribution >= 0.6 is 11.3 Å². The van der Waals surface area contributed by atoms with Gasteiger partial charge in [-0.3, -0.25) is 52.5 Å². The van der Waals surface area contributed by atoms with Gasteiger partial charge in [0.1, 0.15) is 17.8 Å². The van der Waals surface area contributed by atoms with Crippen molar-refractivity contribution in [2.75, 3.05) is 84.1 Å². The number of carbonyl (C=O) groups is 8. The number of nitrogens with zero attached hydrogens (tertiary/aromatic N) is 3. The molecule has 0 aliphatic carbocycles. The van der Waals surface area contributed by atoms with E-state index in [2.05, 4.69) is 31.6 Å². The number of thiazole rings is 1. The maximum Gasteiger partial charge on any atom is 0.266 e. The molecule has 23 nitrogen and oxygen atoms in total. The number of rotatable bonds is 29. The van der Waals surface area contributed by atoms with Gasteiger partial charge in [0.15, 0.2) is 11.7 Å². The number of benzene rings is 2. The van der Waals surface area contributed by atoms with Crippen LogP contribution in [0.5, 0.6) is 5.75 Å². The van der Waals surface area contributed by atoms with E-state index in [-0.39, 0.29) is 120 Å². The first kappa shape index (κ1) is 53.5. The number of nitrogens with one attached hydrogen (secondary N) is 5. The third kappa shape index (κ3) is 15.8. The summed E-state index contributed by atoms with van der Waals surface area (Å²) < 4.78 is 52.4. The highest BCUT2D eigenvalue weighted by Crippen LogP contribution is 2.33. The minimum atomic E-state index is -3.62. The van der Waals surface area contributed by atoms with Crippen LogP contribution in [0.4, 0.5) is 5.13 Å². The number of aromatic nitrogens is 2. The largest absolute Gasteiger partial charge is 0.483 e. The first-order valence-corrected chi connectivity index (χ1v) is 25.3. The molecule has 6 rings (SSSR count). The molecule has 1 fully saturated rings. The van der Waals surface area contributed by atoms with Crippen molar-refractivity contribution in [2.24, 2.45) is 0 Å². The molecule has 0 bridgehead atoms. The molecule has 2 aromatic heterocycles. The zero-order valence-electron chi connectivity index (χ0n) is 38.7. The standard InChI is InChI=1S/C46H54N8O15S2/c1-71(63,64)53-18-14-31(27-53)41(58)49-33(42(59)52-46-50-34(29-70-46)30-7-3-2-4-8-30)15-20-65-19-6-11-37(55)47-16-21-66-23-25-68-26-24-67-22-17-48-39(57)28-69-36-10-5-9-32-40(36)45(62)54(44(32)61)35-12-13-38(56)51-43(35)60/h2-5,7-10,14,18,27,29,33,35H,6,11-13,15-17,19-26,28H2,1H3,(H,47,55)(H,48,57)(H,49,58)(H,50,52,59)(H,51,56,60)/t33-,35?/m0/s1. The summed E-state index contributed by atoms with van der Waals surface area (Å²) in [4.78, 5) is 106. The van der Waals surface area contributed by atoms with Crippen LogP contribution in [0.25, 0.3) is 11.3 Å². The Morgan fingerprint density at radius 1 is 0.831 bits per heavy atom. The fourth-order valence-electron chi connectivity index (χ4n) is 7.09. The van der Waals surface area contributed by atoms with Crippen LogP contribution in [-0.2, 0) is 52.9 Å². The highest BCUT2D eigenvalue weighted by molar-refractivity contribution is 7.89. The van der Waals surface area contributed by atoms with Gasteiger partial charge in [-0.15, -0.1) is 11.3 Å². The molecule has 4 aromatic rings. The van der Waals surface area contributed by atoms with Crippen LogP contribution in [0, 0.1) is 0 Å². The van der Waals surface area contributed by atoms with E-state index in [1.807, 2.05) is 30.3 Å². The molecule has 1 saturated heterocycles. The molecule has 380 valence electrons. The maximum absolute atomic E-state index is 13.4. The average Bonchev–Trinajstić information content (AvgIpc) is 4.10. The van der Waals surface area contributed by atoms with Gasteiger partial charge in [-0.05, 0) is 37.5 Å². The third-order valence-corrected chi connectivity index (χ3v) is 12.4. The van der Waals surface area contributed by atoms with E-state index >= 15 is 0 Å². The van der Waals surface area contributed by atoms with Crippen LogP contribution < -0.4 is 31.3 Å². The van der Waals surface area contributed by atoms with Crippen LogP contribution in [0.2, 0.25) is 0 Å². The molecule has 8 amide bonds. The Bertz CT molecular complexity index is 2660. The molecular weight excluding hydrogens is 969 g/mol. The number of ether oxygens (including phenoxy) is 5. The van der Waals surface area contributed by atoms with Crippen molar-refractivity contribution >= 4 is 73.7 Å². The number of hydrogen-bond acceptors (Lipinski definition) is 17. The highest BCUT2D eigenvalue weighted by Gasteiger charge is 2.46. The van der Waals surface area contributed by atoms with Crippen molar-refractivity contribution in [3.63, 3.8) is 0 Å². The van der Waals surface area contributed by atoms with E-state index in [9.17, 15) is 46.8 Å². The molecular formula is C46H54N8O15S2. The summed E-state index contributed by atoms with van der Waals surface area (Å²) in [5.74, 6) is -4.52. The number of amides is 8. The number of hydrogen-bond donors (Lipinski definition) is 5. The highest BCUT2D eigenvalue weighted by atomic mass is 32.2. The van der Waals surface area contributed by atoms with Crippen molar-refractivity contribution in [1.82, 2.24) is 35.1 Å². The molecule has 0 spiro atoms. The summed E-state index contributed by atoms with van der Waals surface area (Å²) in [6, 6.07) is 12.9. The minimum Gasteiger partial charge on any atom is -0.483 e. The van der Waals surface area contributed by atoms with Crippen molar-refractivity contribution in [1.29, 1.82) is 0 Å². The Labute approximate surface area is 412 Å². The fraction of sp³-hybridized carbons (Fsp3) is 0.413. The molecule has 1 unspecified atom stereocenters. The van der Waals surface area contributed by atoms with Crippen LogP contribution in [0.15, 0.2) is 72.4 Å². The lowest BCUT2D eigenvalue weighted by molar-refractivity contribution is -0.136. The monoisotopic (exact) mass is 1020 g/mol. The Morgan fingerprint density at radius 2 is 1.52 bits per heavy atom. The summed E-state index contributed by atoms with van der Waals surface area (Å²) in [6.07, 6.45) is 4.05. The minimum absolute atomic E-state index is 0.0117. The van der Waals surface area contributed by atoms with Gasteiger partial charge in [0, 0.05) is 62.5 Å². The summed E-state index contributed by atoms with van der Waals surface area (Å²) in [5.41, 5.74) is 1.57. The van der Waals surface area contributed by atoms with E-state index in [0.717, 1.165) is 26.9 Å².